The van der Waals surface area contributed by atoms with E-state index in [1.54, 1.807) is 43.4 Å². The summed E-state index contributed by atoms with van der Waals surface area (Å²) in [4.78, 5) is 0. The first kappa shape index (κ1) is 17.5. The van der Waals surface area contributed by atoms with Crippen molar-refractivity contribution >= 4 is 10.0 Å². The maximum Gasteiger partial charge on any atom is 0.218 e. The first-order valence-electron chi connectivity index (χ1n) is 7.86. The van der Waals surface area contributed by atoms with Gasteiger partial charge in [0.15, 0.2) is 0 Å². The summed E-state index contributed by atoms with van der Waals surface area (Å²) in [5.74, 6) is 0.941. The van der Waals surface area contributed by atoms with Gasteiger partial charge in [-0.25, -0.2) is 19.0 Å². The molecule has 1 aliphatic heterocycles. The van der Waals surface area contributed by atoms with Crippen LogP contribution in [0.15, 0.2) is 60.1 Å². The summed E-state index contributed by atoms with van der Waals surface area (Å²) in [6, 6.07) is 7.03. The Morgan fingerprint density at radius 3 is 2.68 bits per heavy atom. The third-order valence-corrected chi connectivity index (χ3v) is 6.21. The number of nitrogens with one attached hydrogen (secondary N) is 3. The van der Waals surface area contributed by atoms with Crippen LogP contribution in [0, 0.1) is 0 Å². The molecule has 1 heterocycles. The molecule has 1 aromatic rings. The second-order valence-corrected chi connectivity index (χ2v) is 8.76. The normalized spacial score (nSPS) is 28.9. The van der Waals surface area contributed by atoms with E-state index >= 15 is 0 Å². The number of aromatic hydroxyl groups is 1. The maximum absolute atomic E-state index is 11.7. The molecule has 2 atom stereocenters. The number of benzene rings is 1. The molecule has 0 amide bonds. The Balaban J connectivity index is 1.74. The van der Waals surface area contributed by atoms with Crippen LogP contribution in [0.5, 0.6) is 5.75 Å². The van der Waals surface area contributed by atoms with Crippen molar-refractivity contribution in [3.8, 4) is 5.75 Å². The number of phenolic OH excluding ortho intramolecular Hbond substituents is 1. The number of rotatable bonds is 4. The second-order valence-electron chi connectivity index (χ2n) is 6.74. The first-order chi connectivity index (χ1) is 11.6. The van der Waals surface area contributed by atoms with Gasteiger partial charge in [0.2, 0.25) is 10.0 Å². The number of phenols is 1. The fraction of sp³-hybridized carbons (Fsp3) is 0.294. The van der Waals surface area contributed by atoms with Crippen molar-refractivity contribution in [2.24, 2.45) is 5.14 Å². The zero-order chi connectivity index (χ0) is 18.3. The summed E-state index contributed by atoms with van der Waals surface area (Å²) < 4.78 is 22.2. The van der Waals surface area contributed by atoms with E-state index in [-0.39, 0.29) is 5.75 Å². The highest BCUT2D eigenvalue weighted by Gasteiger charge is 2.35. The molecule has 0 saturated carbocycles. The Kier molecular flexibility index (Phi) is 4.14. The lowest BCUT2D eigenvalue weighted by molar-refractivity contribution is 0.438. The fourth-order valence-corrected chi connectivity index (χ4v) is 3.36. The molecule has 6 N–H and O–H groups in total. The molecule has 1 aromatic carbocycles. The zero-order valence-corrected chi connectivity index (χ0v) is 14.9. The van der Waals surface area contributed by atoms with Gasteiger partial charge in [-0.2, -0.15) is 0 Å². The van der Waals surface area contributed by atoms with Gasteiger partial charge in [-0.05, 0) is 50.1 Å². The van der Waals surface area contributed by atoms with Gasteiger partial charge in [0.05, 0.1) is 5.54 Å². The molecule has 0 bridgehead atoms. The van der Waals surface area contributed by atoms with Gasteiger partial charge in [-0.1, -0.05) is 24.3 Å². The van der Waals surface area contributed by atoms with Crippen molar-refractivity contribution in [2.45, 2.75) is 30.6 Å². The minimum atomic E-state index is -3.66. The second kappa shape index (κ2) is 5.91. The highest BCUT2D eigenvalue weighted by molar-refractivity contribution is 7.90. The molecule has 0 radical (unpaired) electrons. The molecule has 2 unspecified atom stereocenters. The number of hydrogen-bond acceptors (Lipinski definition) is 6. The molecule has 0 saturated heterocycles. The summed E-state index contributed by atoms with van der Waals surface area (Å²) in [6.45, 7) is 3.58. The highest BCUT2D eigenvalue weighted by atomic mass is 32.2. The Morgan fingerprint density at radius 2 is 2.08 bits per heavy atom. The van der Waals surface area contributed by atoms with E-state index in [0.29, 0.717) is 6.42 Å². The van der Waals surface area contributed by atoms with E-state index in [4.69, 9.17) is 5.14 Å². The molecule has 8 heteroatoms. The number of primary sulfonamides is 1. The Bertz CT molecular complexity index is 891. The molecule has 0 aromatic heterocycles. The number of hydrazine groups is 1. The predicted molar refractivity (Wildman–Crippen MR) is 96.3 cm³/mol. The van der Waals surface area contributed by atoms with Crippen LogP contribution in [-0.4, -0.2) is 18.3 Å². The van der Waals surface area contributed by atoms with Crippen molar-refractivity contribution in [1.29, 1.82) is 0 Å². The van der Waals surface area contributed by atoms with E-state index in [9.17, 15) is 13.5 Å². The lowest BCUT2D eigenvalue weighted by atomic mass is 9.93. The third kappa shape index (κ3) is 3.41. The topological polar surface area (TPSA) is 116 Å². The van der Waals surface area contributed by atoms with Crippen LogP contribution in [0.2, 0.25) is 0 Å². The van der Waals surface area contributed by atoms with Crippen LogP contribution < -0.4 is 21.3 Å². The van der Waals surface area contributed by atoms with E-state index < -0.39 is 20.3 Å². The lowest BCUT2D eigenvalue weighted by Gasteiger charge is -2.25. The standard InChI is InChI=1S/C17H22N4O3S/c1-16(25(18,23)24)8-6-13(7-9-16)19-15-11-17(2,21-20-15)12-4-3-5-14(22)10-12/h3-8,10-11,19-22H,9H2,1-2H3,(H2,18,23,24). The molecule has 0 fully saturated rings. The van der Waals surface area contributed by atoms with Crippen molar-refractivity contribution in [3.63, 3.8) is 0 Å². The van der Waals surface area contributed by atoms with Crippen molar-refractivity contribution in [2.75, 3.05) is 0 Å². The van der Waals surface area contributed by atoms with Crippen LogP contribution in [-0.2, 0) is 15.6 Å². The summed E-state index contributed by atoms with van der Waals surface area (Å²) in [5.41, 5.74) is 7.43. The molecule has 25 heavy (non-hydrogen) atoms. The molecule has 3 rings (SSSR count). The van der Waals surface area contributed by atoms with E-state index in [1.807, 2.05) is 19.1 Å². The summed E-state index contributed by atoms with van der Waals surface area (Å²) in [6.07, 6.45) is 7.37. The SMILES string of the molecule is CC1(c2cccc(O)c2)C=C(NC2=CCC(C)(S(N)(=O)=O)C=C2)NN1. The summed E-state index contributed by atoms with van der Waals surface area (Å²) in [7, 11) is -3.66. The molecule has 134 valence electrons. The summed E-state index contributed by atoms with van der Waals surface area (Å²) in [5, 5.41) is 18.2. The van der Waals surface area contributed by atoms with Crippen molar-refractivity contribution in [3.05, 3.63) is 65.7 Å². The Morgan fingerprint density at radius 1 is 1.32 bits per heavy atom. The average molecular weight is 362 g/mol. The van der Waals surface area contributed by atoms with Crippen LogP contribution in [0.4, 0.5) is 0 Å². The predicted octanol–water partition coefficient (Wildman–Crippen LogP) is 1.04. The van der Waals surface area contributed by atoms with Gasteiger partial charge in [-0.3, -0.25) is 0 Å². The zero-order valence-electron chi connectivity index (χ0n) is 14.1. The molecule has 0 spiro atoms. The quantitative estimate of drug-likeness (QED) is 0.546. The van der Waals surface area contributed by atoms with Crippen molar-refractivity contribution in [1.82, 2.24) is 16.2 Å². The van der Waals surface area contributed by atoms with Gasteiger partial charge in [-0.15, -0.1) is 0 Å². The fourth-order valence-electron chi connectivity index (χ4n) is 2.78. The first-order valence-corrected chi connectivity index (χ1v) is 9.40. The molecule has 7 nitrogen and oxygen atoms in total. The summed E-state index contributed by atoms with van der Waals surface area (Å²) >= 11 is 0. The molecular weight excluding hydrogens is 340 g/mol. The maximum atomic E-state index is 11.7. The highest BCUT2D eigenvalue weighted by Crippen LogP contribution is 2.29. The molecule has 1 aliphatic carbocycles. The minimum Gasteiger partial charge on any atom is -0.508 e. The van der Waals surface area contributed by atoms with Crippen LogP contribution in [0.1, 0.15) is 25.8 Å². The Hall–Kier alpha value is -2.29. The van der Waals surface area contributed by atoms with E-state index in [2.05, 4.69) is 16.2 Å². The van der Waals surface area contributed by atoms with E-state index in [1.165, 1.54) is 0 Å². The molecular formula is C17H22N4O3S. The monoisotopic (exact) mass is 362 g/mol. The minimum absolute atomic E-state index is 0.204. The van der Waals surface area contributed by atoms with Gasteiger partial charge in [0.1, 0.15) is 16.3 Å². The average Bonchev–Trinajstić information content (AvgIpc) is 2.91. The van der Waals surface area contributed by atoms with Crippen LogP contribution in [0.3, 0.4) is 0 Å². The number of nitrogens with two attached hydrogens (primary N) is 1. The number of allylic oxidation sites excluding steroid dienone is 2. The number of hydrogen-bond donors (Lipinski definition) is 5. The number of sulfonamides is 1. The largest absolute Gasteiger partial charge is 0.508 e. The molecule has 2 aliphatic rings. The van der Waals surface area contributed by atoms with E-state index in [0.717, 1.165) is 17.1 Å². The third-order valence-electron chi connectivity index (χ3n) is 4.61. The van der Waals surface area contributed by atoms with Gasteiger partial charge in [0, 0.05) is 5.70 Å². The van der Waals surface area contributed by atoms with Crippen LogP contribution in [0.25, 0.3) is 0 Å². The Labute approximate surface area is 147 Å². The smallest absolute Gasteiger partial charge is 0.218 e. The van der Waals surface area contributed by atoms with Crippen molar-refractivity contribution < 1.29 is 13.5 Å². The van der Waals surface area contributed by atoms with Crippen LogP contribution >= 0.6 is 0 Å². The van der Waals surface area contributed by atoms with Gasteiger partial charge < -0.3 is 15.8 Å². The van der Waals surface area contributed by atoms with Gasteiger partial charge in [0.25, 0.3) is 0 Å². The van der Waals surface area contributed by atoms with Gasteiger partial charge >= 0.3 is 0 Å². The lowest BCUT2D eigenvalue weighted by Crippen LogP contribution is -2.41.